The van der Waals surface area contributed by atoms with Crippen LogP contribution in [0.15, 0.2) is 48.5 Å². The Balaban J connectivity index is 2.11. The molecule has 174 valence electrons. The Bertz CT molecular complexity index is 877. The summed E-state index contributed by atoms with van der Waals surface area (Å²) in [7, 11) is 0. The smallest absolute Gasteiger partial charge is 0.242 e. The molecule has 0 heterocycles. The van der Waals surface area contributed by atoms with Gasteiger partial charge in [-0.1, -0.05) is 88.7 Å². The number of hydrogen-bond donors (Lipinski definition) is 1. The van der Waals surface area contributed by atoms with E-state index >= 15 is 0 Å². The first-order valence-corrected chi connectivity index (χ1v) is 11.7. The van der Waals surface area contributed by atoms with Gasteiger partial charge in [0.05, 0.1) is 0 Å². The van der Waals surface area contributed by atoms with Crippen molar-refractivity contribution >= 4 is 11.8 Å². The molecule has 0 unspecified atom stereocenters. The SMILES string of the molecule is Cc1ccc(CN(C(=O)CCc2ccc(C(C)(C)C)cc2)[C@@H](C)C(=O)NCC(C)C)cc1. The van der Waals surface area contributed by atoms with Crippen LogP contribution in [0, 0.1) is 12.8 Å². The summed E-state index contributed by atoms with van der Waals surface area (Å²) >= 11 is 0. The van der Waals surface area contributed by atoms with E-state index in [-0.39, 0.29) is 17.2 Å². The summed E-state index contributed by atoms with van der Waals surface area (Å²) in [5.74, 6) is 0.259. The molecule has 32 heavy (non-hydrogen) atoms. The maximum Gasteiger partial charge on any atom is 0.242 e. The number of carbonyl (C=O) groups is 2. The zero-order valence-electron chi connectivity index (χ0n) is 20.9. The maximum atomic E-state index is 13.2. The third-order valence-corrected chi connectivity index (χ3v) is 5.77. The van der Waals surface area contributed by atoms with E-state index in [4.69, 9.17) is 0 Å². The Morgan fingerprint density at radius 2 is 1.47 bits per heavy atom. The average Bonchev–Trinajstić information content (AvgIpc) is 2.74. The lowest BCUT2D eigenvalue weighted by atomic mass is 9.86. The molecule has 2 aromatic carbocycles. The minimum Gasteiger partial charge on any atom is -0.354 e. The van der Waals surface area contributed by atoms with Crippen LogP contribution >= 0.6 is 0 Å². The number of hydrogen-bond acceptors (Lipinski definition) is 2. The number of aryl methyl sites for hydroxylation is 2. The van der Waals surface area contributed by atoms with Crippen molar-refractivity contribution in [2.75, 3.05) is 6.54 Å². The second kappa shape index (κ2) is 11.3. The average molecular weight is 437 g/mol. The van der Waals surface area contributed by atoms with Crippen LogP contribution in [-0.4, -0.2) is 29.3 Å². The first-order chi connectivity index (χ1) is 15.0. The summed E-state index contributed by atoms with van der Waals surface area (Å²) in [6, 6.07) is 16.1. The summed E-state index contributed by atoms with van der Waals surface area (Å²) in [6.45, 7) is 15.6. The van der Waals surface area contributed by atoms with Crippen LogP contribution in [0.5, 0.6) is 0 Å². The molecule has 0 radical (unpaired) electrons. The maximum absolute atomic E-state index is 13.2. The minimum absolute atomic E-state index is 0.00216. The van der Waals surface area contributed by atoms with Crippen molar-refractivity contribution < 1.29 is 9.59 Å². The van der Waals surface area contributed by atoms with E-state index in [0.29, 0.717) is 31.8 Å². The van der Waals surface area contributed by atoms with E-state index in [2.05, 4.69) is 64.2 Å². The van der Waals surface area contributed by atoms with Crippen LogP contribution in [0.4, 0.5) is 0 Å². The zero-order valence-corrected chi connectivity index (χ0v) is 20.9. The van der Waals surface area contributed by atoms with Crippen molar-refractivity contribution in [1.82, 2.24) is 10.2 Å². The molecule has 0 aliphatic carbocycles. The van der Waals surface area contributed by atoms with Crippen molar-refractivity contribution in [3.05, 3.63) is 70.8 Å². The van der Waals surface area contributed by atoms with Gasteiger partial charge in [0, 0.05) is 19.5 Å². The number of carbonyl (C=O) groups excluding carboxylic acids is 2. The Hall–Kier alpha value is -2.62. The standard InChI is InChI=1S/C28H40N2O2/c1-20(2)18-29-27(32)22(4)30(19-24-10-8-21(3)9-11-24)26(31)17-14-23-12-15-25(16-13-23)28(5,6)7/h8-13,15-16,20,22H,14,17-19H2,1-7H3,(H,29,32)/t22-/m0/s1. The second-order valence-electron chi connectivity index (χ2n) is 10.3. The number of benzene rings is 2. The Morgan fingerprint density at radius 3 is 2.00 bits per heavy atom. The molecule has 2 rings (SSSR count). The van der Waals surface area contributed by atoms with Gasteiger partial charge in [-0.25, -0.2) is 0 Å². The molecular formula is C28H40N2O2. The fourth-order valence-electron chi connectivity index (χ4n) is 3.49. The predicted octanol–water partition coefficient (Wildman–Crippen LogP) is 5.41. The summed E-state index contributed by atoms with van der Waals surface area (Å²) in [4.78, 5) is 27.7. The first-order valence-electron chi connectivity index (χ1n) is 11.7. The molecule has 2 amide bonds. The third-order valence-electron chi connectivity index (χ3n) is 5.77. The summed E-state index contributed by atoms with van der Waals surface area (Å²) in [6.07, 6.45) is 1.04. The van der Waals surface area contributed by atoms with E-state index in [1.165, 1.54) is 11.1 Å². The molecule has 0 fully saturated rings. The molecule has 4 nitrogen and oxygen atoms in total. The molecule has 1 N–H and O–H groups in total. The number of nitrogens with zero attached hydrogens (tertiary/aromatic N) is 1. The molecular weight excluding hydrogens is 396 g/mol. The van der Waals surface area contributed by atoms with Gasteiger partial charge in [0.1, 0.15) is 6.04 Å². The number of rotatable bonds is 9. The van der Waals surface area contributed by atoms with Crippen LogP contribution in [-0.2, 0) is 28.0 Å². The highest BCUT2D eigenvalue weighted by Gasteiger charge is 2.26. The van der Waals surface area contributed by atoms with Gasteiger partial charge in [0.25, 0.3) is 0 Å². The Kier molecular flexibility index (Phi) is 9.06. The lowest BCUT2D eigenvalue weighted by Gasteiger charge is -2.29. The van der Waals surface area contributed by atoms with Crippen LogP contribution < -0.4 is 5.32 Å². The van der Waals surface area contributed by atoms with Crippen molar-refractivity contribution in [3.63, 3.8) is 0 Å². The molecule has 2 aromatic rings. The molecule has 4 heteroatoms. The van der Waals surface area contributed by atoms with Gasteiger partial charge >= 0.3 is 0 Å². The van der Waals surface area contributed by atoms with E-state index in [9.17, 15) is 9.59 Å². The fraction of sp³-hybridized carbons (Fsp3) is 0.500. The van der Waals surface area contributed by atoms with Gasteiger partial charge in [0.2, 0.25) is 11.8 Å². The molecule has 0 saturated carbocycles. The summed E-state index contributed by atoms with van der Waals surface area (Å²) < 4.78 is 0. The van der Waals surface area contributed by atoms with Crippen LogP contribution in [0.1, 0.15) is 70.2 Å². The highest BCUT2D eigenvalue weighted by atomic mass is 16.2. The topological polar surface area (TPSA) is 49.4 Å². The molecule has 1 atom stereocenters. The monoisotopic (exact) mass is 436 g/mol. The number of amides is 2. The molecule has 0 aliphatic rings. The van der Waals surface area contributed by atoms with Gasteiger partial charge in [-0.2, -0.15) is 0 Å². The largest absolute Gasteiger partial charge is 0.354 e. The van der Waals surface area contributed by atoms with Crippen molar-refractivity contribution in [2.45, 2.75) is 79.3 Å². The van der Waals surface area contributed by atoms with Gasteiger partial charge in [-0.05, 0) is 48.3 Å². The van der Waals surface area contributed by atoms with E-state index in [1.807, 2.05) is 38.1 Å². The quantitative estimate of drug-likeness (QED) is 0.571. The highest BCUT2D eigenvalue weighted by molar-refractivity contribution is 5.87. The highest BCUT2D eigenvalue weighted by Crippen LogP contribution is 2.22. The fourth-order valence-corrected chi connectivity index (χ4v) is 3.49. The normalized spacial score (nSPS) is 12.5. The van der Waals surface area contributed by atoms with Crippen molar-refractivity contribution in [3.8, 4) is 0 Å². The lowest BCUT2D eigenvalue weighted by molar-refractivity contribution is -0.140. The van der Waals surface area contributed by atoms with Gasteiger partial charge in [-0.3, -0.25) is 9.59 Å². The minimum atomic E-state index is -0.522. The second-order valence-corrected chi connectivity index (χ2v) is 10.3. The van der Waals surface area contributed by atoms with Gasteiger partial charge in [0.15, 0.2) is 0 Å². The van der Waals surface area contributed by atoms with Crippen LogP contribution in [0.2, 0.25) is 0 Å². The summed E-state index contributed by atoms with van der Waals surface area (Å²) in [5, 5.41) is 2.97. The molecule has 0 spiro atoms. The first kappa shape index (κ1) is 25.6. The predicted molar refractivity (Wildman–Crippen MR) is 133 cm³/mol. The Labute approximate surface area is 194 Å². The van der Waals surface area contributed by atoms with Gasteiger partial charge in [-0.15, -0.1) is 0 Å². The van der Waals surface area contributed by atoms with E-state index < -0.39 is 6.04 Å². The van der Waals surface area contributed by atoms with E-state index in [1.54, 1.807) is 4.90 Å². The molecule has 0 bridgehead atoms. The third kappa shape index (κ3) is 7.81. The van der Waals surface area contributed by atoms with Crippen LogP contribution in [0.3, 0.4) is 0 Å². The molecule has 0 saturated heterocycles. The number of nitrogens with one attached hydrogen (secondary N) is 1. The van der Waals surface area contributed by atoms with Gasteiger partial charge < -0.3 is 10.2 Å². The van der Waals surface area contributed by atoms with Crippen molar-refractivity contribution in [2.24, 2.45) is 5.92 Å². The Morgan fingerprint density at radius 1 is 0.906 bits per heavy atom. The molecule has 0 aromatic heterocycles. The van der Waals surface area contributed by atoms with Crippen molar-refractivity contribution in [1.29, 1.82) is 0 Å². The van der Waals surface area contributed by atoms with E-state index in [0.717, 1.165) is 11.1 Å². The molecule has 0 aliphatic heterocycles. The lowest BCUT2D eigenvalue weighted by Crippen LogP contribution is -2.48. The summed E-state index contributed by atoms with van der Waals surface area (Å²) in [5.41, 5.74) is 4.73. The van der Waals surface area contributed by atoms with Crippen LogP contribution in [0.25, 0.3) is 0 Å². The zero-order chi connectivity index (χ0) is 23.9.